The molecule has 0 aromatic heterocycles. The molecule has 24 heavy (non-hydrogen) atoms. The van der Waals surface area contributed by atoms with E-state index in [4.69, 9.17) is 11.6 Å². The van der Waals surface area contributed by atoms with E-state index in [1.54, 1.807) is 0 Å². The van der Waals surface area contributed by atoms with Crippen LogP contribution in [0.25, 0.3) is 0 Å². The molecule has 0 nitrogen and oxygen atoms in total. The van der Waals surface area contributed by atoms with Crippen LogP contribution in [0.15, 0.2) is 0 Å². The lowest BCUT2D eigenvalue weighted by atomic mass is 9.78. The van der Waals surface area contributed by atoms with E-state index < -0.39 is 0 Å². The van der Waals surface area contributed by atoms with Gasteiger partial charge in [-0.25, -0.2) is 0 Å². The van der Waals surface area contributed by atoms with Gasteiger partial charge in [0, 0.05) is 4.87 Å². The molecule has 146 valence electrons. The molecule has 0 fully saturated rings. The van der Waals surface area contributed by atoms with Crippen molar-refractivity contribution in [3.63, 3.8) is 0 Å². The number of alkyl halides is 1. The molecule has 0 saturated heterocycles. The van der Waals surface area contributed by atoms with Gasteiger partial charge >= 0.3 is 0 Å². The van der Waals surface area contributed by atoms with E-state index in [0.717, 1.165) is 5.92 Å². The van der Waals surface area contributed by atoms with Crippen LogP contribution in [-0.2, 0) is 0 Å². The van der Waals surface area contributed by atoms with Gasteiger partial charge in [0.1, 0.15) is 0 Å². The molecule has 0 rings (SSSR count). The van der Waals surface area contributed by atoms with Crippen molar-refractivity contribution in [1.29, 1.82) is 0 Å². The van der Waals surface area contributed by atoms with Gasteiger partial charge in [-0.1, -0.05) is 111 Å². The SMILES string of the molecule is CCCCCCCCCCCCC(CCC)C(Cl)(CCC)CCC. The Kier molecular flexibility index (Phi) is 16.9. The second-order valence-corrected chi connectivity index (χ2v) is 8.74. The molecular formula is C23H47Cl. The first-order valence-electron chi connectivity index (χ1n) is 11.3. The molecule has 0 spiro atoms. The Morgan fingerprint density at radius 2 is 1.00 bits per heavy atom. The van der Waals surface area contributed by atoms with Crippen LogP contribution in [0.2, 0.25) is 0 Å². The van der Waals surface area contributed by atoms with Crippen LogP contribution in [0.5, 0.6) is 0 Å². The summed E-state index contributed by atoms with van der Waals surface area (Å²) in [4.78, 5) is 0.0821. The molecule has 0 radical (unpaired) electrons. The van der Waals surface area contributed by atoms with Crippen molar-refractivity contribution >= 4 is 11.6 Å². The predicted molar refractivity (Wildman–Crippen MR) is 113 cm³/mol. The first-order chi connectivity index (χ1) is 11.6. The fraction of sp³-hybridized carbons (Fsp3) is 1.00. The smallest absolute Gasteiger partial charge is 0.0474 e. The first kappa shape index (κ1) is 24.3. The number of halogens is 1. The van der Waals surface area contributed by atoms with E-state index >= 15 is 0 Å². The lowest BCUT2D eigenvalue weighted by Gasteiger charge is -2.36. The Labute approximate surface area is 159 Å². The van der Waals surface area contributed by atoms with Crippen molar-refractivity contribution in [3.05, 3.63) is 0 Å². The van der Waals surface area contributed by atoms with E-state index in [1.807, 2.05) is 0 Å². The van der Waals surface area contributed by atoms with Gasteiger partial charge in [-0.15, -0.1) is 11.6 Å². The summed E-state index contributed by atoms with van der Waals surface area (Å²) < 4.78 is 0. The van der Waals surface area contributed by atoms with E-state index in [1.165, 1.54) is 109 Å². The molecule has 0 aliphatic rings. The van der Waals surface area contributed by atoms with Crippen molar-refractivity contribution in [2.24, 2.45) is 5.92 Å². The van der Waals surface area contributed by atoms with Gasteiger partial charge in [-0.05, 0) is 31.6 Å². The van der Waals surface area contributed by atoms with Crippen molar-refractivity contribution in [2.45, 2.75) is 142 Å². The van der Waals surface area contributed by atoms with Gasteiger partial charge < -0.3 is 0 Å². The summed E-state index contributed by atoms with van der Waals surface area (Å²) in [6.07, 6.45) is 23.1. The van der Waals surface area contributed by atoms with E-state index in [2.05, 4.69) is 27.7 Å². The van der Waals surface area contributed by atoms with Gasteiger partial charge in [0.25, 0.3) is 0 Å². The minimum absolute atomic E-state index is 0.0821. The molecule has 0 heterocycles. The second kappa shape index (κ2) is 16.7. The quantitative estimate of drug-likeness (QED) is 0.169. The van der Waals surface area contributed by atoms with Crippen molar-refractivity contribution in [1.82, 2.24) is 0 Å². The lowest BCUT2D eigenvalue weighted by Crippen LogP contribution is -2.32. The summed E-state index contributed by atoms with van der Waals surface area (Å²) in [6.45, 7) is 9.19. The Balaban J connectivity index is 3.92. The van der Waals surface area contributed by atoms with Gasteiger partial charge in [0.05, 0.1) is 0 Å². The maximum absolute atomic E-state index is 7.11. The Bertz CT molecular complexity index is 242. The standard InChI is InChI=1S/C23H47Cl/c1-5-9-10-11-12-13-14-15-16-17-19-22(18-6-2)23(24,20-7-3)21-8-4/h22H,5-21H2,1-4H3. The normalized spacial score (nSPS) is 13.4. The monoisotopic (exact) mass is 358 g/mol. The summed E-state index contributed by atoms with van der Waals surface area (Å²) in [7, 11) is 0. The lowest BCUT2D eigenvalue weighted by molar-refractivity contribution is 0.278. The van der Waals surface area contributed by atoms with E-state index in [9.17, 15) is 0 Å². The zero-order chi connectivity index (χ0) is 18.1. The van der Waals surface area contributed by atoms with Crippen LogP contribution in [-0.4, -0.2) is 4.87 Å². The van der Waals surface area contributed by atoms with Crippen LogP contribution in [0.3, 0.4) is 0 Å². The molecule has 0 aromatic rings. The minimum Gasteiger partial charge on any atom is -0.119 e. The van der Waals surface area contributed by atoms with Gasteiger partial charge in [0.15, 0.2) is 0 Å². The molecule has 1 atom stereocenters. The van der Waals surface area contributed by atoms with Crippen LogP contribution in [0.1, 0.15) is 137 Å². The molecule has 0 amide bonds. The summed E-state index contributed by atoms with van der Waals surface area (Å²) in [5, 5.41) is 0. The number of hydrogen-bond donors (Lipinski definition) is 0. The molecule has 0 aromatic carbocycles. The molecule has 1 unspecified atom stereocenters. The summed E-state index contributed by atoms with van der Waals surface area (Å²) in [5.41, 5.74) is 0. The third-order valence-corrected chi connectivity index (χ3v) is 6.29. The second-order valence-electron chi connectivity index (χ2n) is 7.99. The number of unbranched alkanes of at least 4 members (excludes halogenated alkanes) is 9. The fourth-order valence-electron chi connectivity index (χ4n) is 4.25. The highest BCUT2D eigenvalue weighted by atomic mass is 35.5. The summed E-state index contributed by atoms with van der Waals surface area (Å²) in [5.74, 6) is 0.734. The fourth-order valence-corrected chi connectivity index (χ4v) is 4.85. The molecule has 0 aliphatic heterocycles. The number of hydrogen-bond acceptors (Lipinski definition) is 0. The Morgan fingerprint density at radius 3 is 1.42 bits per heavy atom. The molecule has 1 heteroatoms. The van der Waals surface area contributed by atoms with Crippen molar-refractivity contribution in [3.8, 4) is 0 Å². The molecule has 0 saturated carbocycles. The van der Waals surface area contributed by atoms with E-state index in [-0.39, 0.29) is 4.87 Å². The van der Waals surface area contributed by atoms with Crippen molar-refractivity contribution < 1.29 is 0 Å². The topological polar surface area (TPSA) is 0 Å². The molecule has 0 N–H and O–H groups in total. The zero-order valence-corrected chi connectivity index (χ0v) is 18.2. The average Bonchev–Trinajstić information content (AvgIpc) is 2.56. The van der Waals surface area contributed by atoms with Crippen LogP contribution in [0.4, 0.5) is 0 Å². The Hall–Kier alpha value is 0.290. The highest BCUT2D eigenvalue weighted by Crippen LogP contribution is 2.40. The summed E-state index contributed by atoms with van der Waals surface area (Å²) >= 11 is 7.11. The highest BCUT2D eigenvalue weighted by Gasteiger charge is 2.33. The Morgan fingerprint density at radius 1 is 0.542 bits per heavy atom. The molecule has 0 bridgehead atoms. The number of rotatable bonds is 18. The largest absolute Gasteiger partial charge is 0.119 e. The van der Waals surface area contributed by atoms with Gasteiger partial charge in [0.2, 0.25) is 0 Å². The highest BCUT2D eigenvalue weighted by molar-refractivity contribution is 6.24. The summed E-state index contributed by atoms with van der Waals surface area (Å²) in [6, 6.07) is 0. The first-order valence-corrected chi connectivity index (χ1v) is 11.7. The zero-order valence-electron chi connectivity index (χ0n) is 17.5. The molecular weight excluding hydrogens is 312 g/mol. The molecule has 0 aliphatic carbocycles. The maximum atomic E-state index is 7.11. The minimum atomic E-state index is 0.0821. The third-order valence-electron chi connectivity index (χ3n) is 5.61. The van der Waals surface area contributed by atoms with Crippen LogP contribution < -0.4 is 0 Å². The average molecular weight is 359 g/mol. The third kappa shape index (κ3) is 11.8. The van der Waals surface area contributed by atoms with Gasteiger partial charge in [-0.3, -0.25) is 0 Å². The predicted octanol–water partition coefficient (Wildman–Crippen LogP) is 9.29. The van der Waals surface area contributed by atoms with Crippen LogP contribution >= 0.6 is 11.6 Å². The van der Waals surface area contributed by atoms with Crippen molar-refractivity contribution in [2.75, 3.05) is 0 Å². The van der Waals surface area contributed by atoms with Gasteiger partial charge in [-0.2, -0.15) is 0 Å². The van der Waals surface area contributed by atoms with E-state index in [0.29, 0.717) is 0 Å². The van der Waals surface area contributed by atoms with Crippen LogP contribution in [0, 0.1) is 5.92 Å². The maximum Gasteiger partial charge on any atom is 0.0474 e.